The third-order valence-electron chi connectivity index (χ3n) is 3.18. The van der Waals surface area contributed by atoms with Gasteiger partial charge in [0.15, 0.2) is 11.6 Å². The number of pyridine rings is 1. The maximum Gasteiger partial charge on any atom is 0.261 e. The van der Waals surface area contributed by atoms with Gasteiger partial charge in [-0.1, -0.05) is 12.1 Å². The van der Waals surface area contributed by atoms with Crippen molar-refractivity contribution in [2.75, 3.05) is 0 Å². The first-order chi connectivity index (χ1) is 11.3. The number of aromatic nitrogens is 5. The molecule has 23 heavy (non-hydrogen) atoms. The summed E-state index contributed by atoms with van der Waals surface area (Å²) in [6, 6.07) is 10.6. The lowest BCUT2D eigenvalue weighted by atomic mass is 10.4. The average Bonchev–Trinajstić information content (AvgIpc) is 3.24. The van der Waals surface area contributed by atoms with Crippen molar-refractivity contribution in [3.8, 4) is 16.6 Å². The predicted molar refractivity (Wildman–Crippen MR) is 85.5 cm³/mol. The van der Waals surface area contributed by atoms with E-state index >= 15 is 0 Å². The second-order valence-electron chi connectivity index (χ2n) is 4.73. The van der Waals surface area contributed by atoms with Crippen LogP contribution in [-0.2, 0) is 6.61 Å². The highest BCUT2D eigenvalue weighted by molar-refractivity contribution is 7.13. The summed E-state index contributed by atoms with van der Waals surface area (Å²) in [5.41, 5.74) is 0.342. The van der Waals surface area contributed by atoms with Gasteiger partial charge in [-0.2, -0.15) is 10.1 Å². The number of nitrogens with zero attached hydrogens (tertiary/aromatic N) is 4. The number of rotatable bonds is 4. The topological polar surface area (TPSA) is 85.2 Å². The number of nitrogens with one attached hydrogen (secondary N) is 1. The van der Waals surface area contributed by atoms with Crippen LogP contribution in [0.2, 0.25) is 0 Å². The summed E-state index contributed by atoms with van der Waals surface area (Å²) in [4.78, 5) is 21.6. The van der Waals surface area contributed by atoms with E-state index in [9.17, 15) is 4.79 Å². The van der Waals surface area contributed by atoms with Gasteiger partial charge < -0.3 is 4.74 Å². The summed E-state index contributed by atoms with van der Waals surface area (Å²) in [7, 11) is 0. The van der Waals surface area contributed by atoms with E-state index in [0.717, 1.165) is 4.88 Å². The molecule has 1 N–H and O–H groups in total. The van der Waals surface area contributed by atoms with E-state index in [1.54, 1.807) is 29.7 Å². The number of hydrogen-bond acceptors (Lipinski definition) is 6. The third kappa shape index (κ3) is 2.71. The third-order valence-corrected chi connectivity index (χ3v) is 4.04. The lowest BCUT2D eigenvalue weighted by Crippen LogP contribution is -2.14. The Hall–Kier alpha value is -3.00. The Labute approximate surface area is 134 Å². The van der Waals surface area contributed by atoms with E-state index in [1.807, 2.05) is 23.6 Å². The van der Waals surface area contributed by atoms with Gasteiger partial charge in [-0.05, 0) is 23.6 Å². The van der Waals surface area contributed by atoms with E-state index in [4.69, 9.17) is 4.74 Å². The molecular formula is C15H11N5O2S. The first-order valence-electron chi connectivity index (χ1n) is 6.86. The fourth-order valence-corrected chi connectivity index (χ4v) is 2.78. The monoisotopic (exact) mass is 325 g/mol. The molecule has 0 aliphatic rings. The predicted octanol–water partition coefficient (Wildman–Crippen LogP) is 2.12. The van der Waals surface area contributed by atoms with Crippen molar-refractivity contribution in [2.24, 2.45) is 0 Å². The lowest BCUT2D eigenvalue weighted by molar-refractivity contribution is 0.284. The molecule has 0 spiro atoms. The Balaban J connectivity index is 1.54. The minimum absolute atomic E-state index is 0.161. The van der Waals surface area contributed by atoms with E-state index in [-0.39, 0.29) is 18.0 Å². The summed E-state index contributed by atoms with van der Waals surface area (Å²) in [6.45, 7) is 0.161. The minimum Gasteiger partial charge on any atom is -0.469 e. The molecule has 0 atom stereocenters. The summed E-state index contributed by atoms with van der Waals surface area (Å²) in [5.74, 6) is 1.46. The molecule has 8 heteroatoms. The van der Waals surface area contributed by atoms with Crippen molar-refractivity contribution in [3.05, 3.63) is 64.2 Å². The Morgan fingerprint density at radius 3 is 3.04 bits per heavy atom. The number of ether oxygens (including phenoxy) is 1. The quantitative estimate of drug-likeness (QED) is 0.621. The number of H-pyrrole nitrogens is 1. The standard InChI is InChI=1S/C15H11N5O2S/c21-14-8-13(17-12-5-1-2-6-20(12)14)22-9-11-16-15(19-18-11)10-4-3-7-23-10/h1-8H,9H2,(H,16,18,19). The first kappa shape index (κ1) is 13.6. The van der Waals surface area contributed by atoms with Crippen LogP contribution < -0.4 is 10.3 Å². The fourth-order valence-electron chi connectivity index (χ4n) is 2.12. The molecular weight excluding hydrogens is 314 g/mol. The van der Waals surface area contributed by atoms with Crippen molar-refractivity contribution in [1.82, 2.24) is 24.6 Å². The molecule has 0 aromatic carbocycles. The van der Waals surface area contributed by atoms with Gasteiger partial charge in [0.05, 0.1) is 10.9 Å². The van der Waals surface area contributed by atoms with E-state index in [2.05, 4.69) is 20.2 Å². The van der Waals surface area contributed by atoms with Crippen LogP contribution in [0.25, 0.3) is 16.3 Å². The maximum absolute atomic E-state index is 12.0. The molecule has 4 heterocycles. The van der Waals surface area contributed by atoms with Crippen LogP contribution in [0.5, 0.6) is 5.88 Å². The van der Waals surface area contributed by atoms with Gasteiger partial charge in [-0.3, -0.25) is 14.3 Å². The van der Waals surface area contributed by atoms with Gasteiger partial charge in [0.25, 0.3) is 5.56 Å². The van der Waals surface area contributed by atoms with Gasteiger partial charge in [-0.15, -0.1) is 11.3 Å². The first-order valence-corrected chi connectivity index (χ1v) is 7.74. The van der Waals surface area contributed by atoms with Gasteiger partial charge in [0.2, 0.25) is 5.88 Å². The van der Waals surface area contributed by atoms with Gasteiger partial charge in [0, 0.05) is 6.20 Å². The van der Waals surface area contributed by atoms with Gasteiger partial charge in [0.1, 0.15) is 12.3 Å². The van der Waals surface area contributed by atoms with Crippen molar-refractivity contribution < 1.29 is 4.74 Å². The van der Waals surface area contributed by atoms with Crippen LogP contribution in [0.4, 0.5) is 0 Å². The van der Waals surface area contributed by atoms with Crippen molar-refractivity contribution in [1.29, 1.82) is 0 Å². The zero-order valence-corrected chi connectivity index (χ0v) is 12.7. The highest BCUT2D eigenvalue weighted by Gasteiger charge is 2.08. The molecule has 0 aliphatic carbocycles. The zero-order valence-electron chi connectivity index (χ0n) is 11.8. The maximum atomic E-state index is 12.0. The molecule has 4 rings (SSSR count). The molecule has 7 nitrogen and oxygen atoms in total. The van der Waals surface area contributed by atoms with Crippen LogP contribution in [-0.4, -0.2) is 24.6 Å². The second kappa shape index (κ2) is 5.65. The minimum atomic E-state index is -0.192. The number of thiophene rings is 1. The smallest absolute Gasteiger partial charge is 0.261 e. The van der Waals surface area contributed by atoms with E-state index in [1.165, 1.54) is 10.5 Å². The van der Waals surface area contributed by atoms with Gasteiger partial charge in [-0.25, -0.2) is 4.98 Å². The van der Waals surface area contributed by atoms with Crippen LogP contribution >= 0.6 is 11.3 Å². The van der Waals surface area contributed by atoms with Crippen molar-refractivity contribution >= 4 is 17.0 Å². The Bertz CT molecular complexity index is 1010. The molecule has 0 amide bonds. The zero-order chi connectivity index (χ0) is 15.6. The van der Waals surface area contributed by atoms with Crippen LogP contribution in [0.1, 0.15) is 5.82 Å². The largest absolute Gasteiger partial charge is 0.469 e. The Morgan fingerprint density at radius 2 is 2.17 bits per heavy atom. The van der Waals surface area contributed by atoms with Crippen molar-refractivity contribution in [2.45, 2.75) is 6.61 Å². The lowest BCUT2D eigenvalue weighted by Gasteiger charge is -2.04. The molecule has 4 aromatic heterocycles. The summed E-state index contributed by atoms with van der Waals surface area (Å²) in [5, 5.41) is 8.94. The fraction of sp³-hybridized carbons (Fsp3) is 0.0667. The van der Waals surface area contributed by atoms with E-state index < -0.39 is 0 Å². The Morgan fingerprint density at radius 1 is 1.22 bits per heavy atom. The van der Waals surface area contributed by atoms with E-state index in [0.29, 0.717) is 17.3 Å². The molecule has 0 saturated heterocycles. The number of hydrogen-bond donors (Lipinski definition) is 1. The number of fused-ring (bicyclic) bond motifs is 1. The second-order valence-corrected chi connectivity index (χ2v) is 5.68. The average molecular weight is 325 g/mol. The van der Waals surface area contributed by atoms with Crippen LogP contribution in [0, 0.1) is 0 Å². The van der Waals surface area contributed by atoms with Crippen LogP contribution in [0.3, 0.4) is 0 Å². The molecule has 0 radical (unpaired) electrons. The Kier molecular flexibility index (Phi) is 3.35. The summed E-state index contributed by atoms with van der Waals surface area (Å²) < 4.78 is 7.01. The summed E-state index contributed by atoms with van der Waals surface area (Å²) in [6.07, 6.45) is 1.66. The normalized spacial score (nSPS) is 11.0. The molecule has 0 aliphatic heterocycles. The molecule has 0 unspecified atom stereocenters. The molecule has 0 fully saturated rings. The molecule has 4 aromatic rings. The van der Waals surface area contributed by atoms with Crippen LogP contribution in [0.15, 0.2) is 52.8 Å². The van der Waals surface area contributed by atoms with Crippen molar-refractivity contribution in [3.63, 3.8) is 0 Å². The number of aromatic amines is 1. The molecule has 0 bridgehead atoms. The summed E-state index contributed by atoms with van der Waals surface area (Å²) >= 11 is 1.56. The highest BCUT2D eigenvalue weighted by Crippen LogP contribution is 2.20. The highest BCUT2D eigenvalue weighted by atomic mass is 32.1. The molecule has 114 valence electrons. The van der Waals surface area contributed by atoms with Gasteiger partial charge >= 0.3 is 0 Å². The molecule has 0 saturated carbocycles. The SMILES string of the molecule is O=c1cc(OCc2nc(-c3cccs3)n[nH]2)nc2ccccn12.